The van der Waals surface area contributed by atoms with Gasteiger partial charge in [0, 0.05) is 19.2 Å². The van der Waals surface area contributed by atoms with Crippen molar-refractivity contribution in [3.8, 4) is 5.69 Å². The molecule has 1 saturated heterocycles. The van der Waals surface area contributed by atoms with E-state index in [4.69, 9.17) is 0 Å². The highest BCUT2D eigenvalue weighted by molar-refractivity contribution is 5.54. The third-order valence-corrected chi connectivity index (χ3v) is 5.12. The van der Waals surface area contributed by atoms with E-state index in [0.717, 1.165) is 0 Å². The molecule has 3 heteroatoms. The largest absolute Gasteiger partial charge is 0.339 e. The summed E-state index contributed by atoms with van der Waals surface area (Å²) in [5.74, 6) is 1.31. The van der Waals surface area contributed by atoms with Crippen molar-refractivity contribution in [1.29, 1.82) is 0 Å². The second kappa shape index (κ2) is 5.97. The van der Waals surface area contributed by atoms with Crippen LogP contribution in [0.2, 0.25) is 0 Å². The van der Waals surface area contributed by atoms with Gasteiger partial charge in [-0.25, -0.2) is 4.57 Å². The van der Waals surface area contributed by atoms with E-state index in [-0.39, 0.29) is 0 Å². The predicted octanol–water partition coefficient (Wildman–Crippen LogP) is 4.13. The first-order chi connectivity index (χ1) is 11.6. The van der Waals surface area contributed by atoms with Crippen molar-refractivity contribution < 1.29 is 4.57 Å². The van der Waals surface area contributed by atoms with Crippen molar-refractivity contribution in [3.63, 3.8) is 0 Å². The van der Waals surface area contributed by atoms with Gasteiger partial charge in [-0.15, -0.1) is 0 Å². The number of benzene rings is 1. The SMILES string of the molecule is Cc1cc(C)c(-[n+]2cc3cccc(N4CCCCC4)n3c2)c(C)c1. The molecule has 0 spiro atoms. The Morgan fingerprint density at radius 3 is 2.33 bits per heavy atom. The smallest absolute Gasteiger partial charge is 0.255 e. The molecule has 0 atom stereocenters. The summed E-state index contributed by atoms with van der Waals surface area (Å²) in [6.07, 6.45) is 8.45. The topological polar surface area (TPSA) is 11.5 Å². The second-order valence-electron chi connectivity index (χ2n) is 7.13. The van der Waals surface area contributed by atoms with Gasteiger partial charge in [-0.1, -0.05) is 23.8 Å². The molecule has 3 nitrogen and oxygen atoms in total. The first-order valence-electron chi connectivity index (χ1n) is 8.99. The molecule has 3 aromatic rings. The van der Waals surface area contributed by atoms with Crippen molar-refractivity contribution in [2.45, 2.75) is 40.0 Å². The molecular weight excluding hydrogens is 294 g/mol. The van der Waals surface area contributed by atoms with Gasteiger partial charge in [0.2, 0.25) is 5.82 Å². The lowest BCUT2D eigenvalue weighted by molar-refractivity contribution is -0.594. The number of aryl methyl sites for hydroxylation is 3. The van der Waals surface area contributed by atoms with Crippen LogP contribution in [-0.2, 0) is 0 Å². The summed E-state index contributed by atoms with van der Waals surface area (Å²) in [6.45, 7) is 8.91. The Morgan fingerprint density at radius 1 is 0.917 bits per heavy atom. The Bertz CT molecular complexity index is 862. The second-order valence-corrected chi connectivity index (χ2v) is 7.13. The number of aromatic nitrogens is 2. The van der Waals surface area contributed by atoms with Gasteiger partial charge in [0.05, 0.1) is 0 Å². The van der Waals surface area contributed by atoms with E-state index in [9.17, 15) is 0 Å². The zero-order valence-electron chi connectivity index (χ0n) is 14.9. The highest BCUT2D eigenvalue weighted by atomic mass is 15.2. The molecule has 4 rings (SSSR count). The van der Waals surface area contributed by atoms with Crippen molar-refractivity contribution in [2.75, 3.05) is 18.0 Å². The molecule has 0 aliphatic carbocycles. The number of hydrogen-bond donors (Lipinski definition) is 0. The Morgan fingerprint density at radius 2 is 1.62 bits per heavy atom. The molecule has 0 radical (unpaired) electrons. The summed E-state index contributed by atoms with van der Waals surface area (Å²) >= 11 is 0. The van der Waals surface area contributed by atoms with Gasteiger partial charge in [0.1, 0.15) is 11.9 Å². The number of fused-ring (bicyclic) bond motifs is 1. The number of piperidine rings is 1. The summed E-state index contributed by atoms with van der Waals surface area (Å²) in [6, 6.07) is 11.2. The first-order valence-corrected chi connectivity index (χ1v) is 8.99. The lowest BCUT2D eigenvalue weighted by Gasteiger charge is -2.26. The van der Waals surface area contributed by atoms with E-state index in [2.05, 4.69) is 77.5 Å². The average Bonchev–Trinajstić information content (AvgIpc) is 2.98. The Kier molecular flexibility index (Phi) is 3.79. The Balaban J connectivity index is 1.85. The Labute approximate surface area is 144 Å². The van der Waals surface area contributed by atoms with E-state index in [0.29, 0.717) is 0 Å². The van der Waals surface area contributed by atoms with Crippen LogP contribution in [0.5, 0.6) is 0 Å². The van der Waals surface area contributed by atoms with Crippen LogP contribution in [0.15, 0.2) is 42.9 Å². The number of anilines is 1. The van der Waals surface area contributed by atoms with E-state index in [1.165, 1.54) is 66.1 Å². The molecule has 3 heterocycles. The number of imidazole rings is 1. The summed E-state index contributed by atoms with van der Waals surface area (Å²) in [5.41, 5.74) is 6.53. The third-order valence-electron chi connectivity index (χ3n) is 5.12. The zero-order valence-corrected chi connectivity index (χ0v) is 14.9. The number of nitrogens with zero attached hydrogens (tertiary/aromatic N) is 3. The fourth-order valence-electron chi connectivity index (χ4n) is 4.14. The maximum Gasteiger partial charge on any atom is 0.255 e. The molecule has 0 bridgehead atoms. The average molecular weight is 320 g/mol. The Hall–Kier alpha value is -2.29. The van der Waals surface area contributed by atoms with Crippen molar-refractivity contribution in [2.24, 2.45) is 0 Å². The van der Waals surface area contributed by atoms with Crippen LogP contribution in [-0.4, -0.2) is 17.5 Å². The molecule has 24 heavy (non-hydrogen) atoms. The van der Waals surface area contributed by atoms with E-state index < -0.39 is 0 Å². The maximum absolute atomic E-state index is 2.52. The van der Waals surface area contributed by atoms with E-state index >= 15 is 0 Å². The summed E-state index contributed by atoms with van der Waals surface area (Å²) in [7, 11) is 0. The molecule has 124 valence electrons. The summed E-state index contributed by atoms with van der Waals surface area (Å²) in [4.78, 5) is 2.52. The quantitative estimate of drug-likeness (QED) is 0.646. The number of hydrogen-bond acceptors (Lipinski definition) is 1. The van der Waals surface area contributed by atoms with E-state index in [1.54, 1.807) is 0 Å². The van der Waals surface area contributed by atoms with Crippen LogP contribution in [0.25, 0.3) is 11.2 Å². The van der Waals surface area contributed by atoms with Gasteiger partial charge in [-0.3, -0.25) is 0 Å². The number of pyridine rings is 1. The molecule has 0 amide bonds. The molecular formula is C21H26N3+. The van der Waals surface area contributed by atoms with Crippen molar-refractivity contribution in [1.82, 2.24) is 4.40 Å². The van der Waals surface area contributed by atoms with Crippen LogP contribution in [0.3, 0.4) is 0 Å². The van der Waals surface area contributed by atoms with Gasteiger partial charge in [0.25, 0.3) is 6.33 Å². The molecule has 1 aliphatic rings. The lowest BCUT2D eigenvalue weighted by Crippen LogP contribution is -2.32. The molecule has 1 fully saturated rings. The standard InChI is InChI=1S/C21H26N3/c1-16-12-17(2)21(18(3)13-16)23-14-19-8-7-9-20(24(19)15-23)22-10-5-4-6-11-22/h7-9,12-15H,4-6,10-11H2,1-3H3/q+1. The van der Waals surface area contributed by atoms with Crippen LogP contribution in [0.1, 0.15) is 36.0 Å². The normalized spacial score (nSPS) is 15.2. The van der Waals surface area contributed by atoms with Gasteiger partial charge in [-0.05, 0) is 57.2 Å². The van der Waals surface area contributed by atoms with Crippen LogP contribution < -0.4 is 9.47 Å². The fourth-order valence-corrected chi connectivity index (χ4v) is 4.14. The summed E-state index contributed by atoms with van der Waals surface area (Å²) in [5, 5.41) is 0. The van der Waals surface area contributed by atoms with Crippen LogP contribution >= 0.6 is 0 Å². The van der Waals surface area contributed by atoms with Crippen LogP contribution in [0.4, 0.5) is 5.82 Å². The minimum atomic E-state index is 1.17. The molecule has 1 aliphatic heterocycles. The molecule has 0 saturated carbocycles. The summed E-state index contributed by atoms with van der Waals surface area (Å²) < 4.78 is 4.62. The van der Waals surface area contributed by atoms with Gasteiger partial charge < -0.3 is 4.90 Å². The van der Waals surface area contributed by atoms with Crippen molar-refractivity contribution in [3.05, 3.63) is 59.5 Å². The minimum Gasteiger partial charge on any atom is -0.339 e. The van der Waals surface area contributed by atoms with Gasteiger partial charge in [-0.2, -0.15) is 4.40 Å². The lowest BCUT2D eigenvalue weighted by atomic mass is 10.1. The predicted molar refractivity (Wildman–Crippen MR) is 99.2 cm³/mol. The highest BCUT2D eigenvalue weighted by Gasteiger charge is 2.20. The molecule has 0 N–H and O–H groups in total. The number of rotatable bonds is 2. The monoisotopic (exact) mass is 320 g/mol. The van der Waals surface area contributed by atoms with Gasteiger partial charge in [0.15, 0.2) is 5.52 Å². The highest BCUT2D eigenvalue weighted by Crippen LogP contribution is 2.22. The van der Waals surface area contributed by atoms with Gasteiger partial charge >= 0.3 is 0 Å². The van der Waals surface area contributed by atoms with E-state index in [1.807, 2.05) is 0 Å². The minimum absolute atomic E-state index is 1.17. The molecule has 2 aromatic heterocycles. The zero-order chi connectivity index (χ0) is 16.7. The molecule has 1 aromatic carbocycles. The fraction of sp³-hybridized carbons (Fsp3) is 0.381. The third kappa shape index (κ3) is 2.58. The first kappa shape index (κ1) is 15.3. The van der Waals surface area contributed by atoms with Crippen LogP contribution in [0, 0.1) is 20.8 Å². The molecule has 0 unspecified atom stereocenters. The maximum atomic E-state index is 2.52. The van der Waals surface area contributed by atoms with Crippen molar-refractivity contribution >= 4 is 11.3 Å².